The van der Waals surface area contributed by atoms with Crippen LogP contribution in [-0.2, 0) is 13.1 Å². The predicted molar refractivity (Wildman–Crippen MR) is 87.9 cm³/mol. The number of hydrogen-bond donors (Lipinski definition) is 2. The van der Waals surface area contributed by atoms with E-state index in [0.717, 1.165) is 26.2 Å². The quantitative estimate of drug-likeness (QED) is 0.769. The summed E-state index contributed by atoms with van der Waals surface area (Å²) in [5.74, 6) is 0. The summed E-state index contributed by atoms with van der Waals surface area (Å²) in [6.07, 6.45) is 8.53. The third-order valence-corrected chi connectivity index (χ3v) is 2.78. The summed E-state index contributed by atoms with van der Waals surface area (Å²) in [4.78, 5) is 8.02. The van der Waals surface area contributed by atoms with Crippen LogP contribution >= 0.6 is 0 Å². The summed E-state index contributed by atoms with van der Waals surface area (Å²) in [6.45, 7) is 8.20. The molecule has 0 spiro atoms. The van der Waals surface area contributed by atoms with Crippen molar-refractivity contribution in [3.63, 3.8) is 0 Å². The first-order valence-electron chi connectivity index (χ1n) is 7.56. The van der Waals surface area contributed by atoms with Crippen molar-refractivity contribution < 1.29 is 0 Å². The first-order chi connectivity index (χ1) is 10.4. The normalized spacial score (nSPS) is 9.81. The van der Waals surface area contributed by atoms with Gasteiger partial charge in [0.05, 0.1) is 0 Å². The van der Waals surface area contributed by atoms with Crippen LogP contribution in [0.1, 0.15) is 31.4 Å². The van der Waals surface area contributed by atoms with Gasteiger partial charge in [0.1, 0.15) is 0 Å². The SMILES string of the molecule is CCCNCc1cccnc1.CCNCc1cccnc1. The predicted octanol–water partition coefficient (Wildman–Crippen LogP) is 2.77. The average Bonchev–Trinajstić information content (AvgIpc) is 2.56. The van der Waals surface area contributed by atoms with Crippen molar-refractivity contribution in [1.82, 2.24) is 20.6 Å². The molecule has 4 nitrogen and oxygen atoms in total. The Balaban J connectivity index is 0.000000211. The number of rotatable bonds is 7. The lowest BCUT2D eigenvalue weighted by Crippen LogP contribution is -2.13. The maximum atomic E-state index is 4.02. The van der Waals surface area contributed by atoms with Crippen LogP contribution in [0.25, 0.3) is 0 Å². The van der Waals surface area contributed by atoms with Crippen LogP contribution in [0.3, 0.4) is 0 Å². The monoisotopic (exact) mass is 286 g/mol. The lowest BCUT2D eigenvalue weighted by atomic mass is 10.3. The first kappa shape index (κ1) is 17.3. The molecule has 0 fully saturated rings. The molecule has 0 amide bonds. The molecule has 2 N–H and O–H groups in total. The molecule has 0 aliphatic carbocycles. The maximum absolute atomic E-state index is 4.02. The molecule has 0 atom stereocenters. The summed E-state index contributed by atoms with van der Waals surface area (Å²) in [6, 6.07) is 8.06. The molecule has 21 heavy (non-hydrogen) atoms. The zero-order valence-corrected chi connectivity index (χ0v) is 13.0. The van der Waals surface area contributed by atoms with Gasteiger partial charge in [-0.1, -0.05) is 26.0 Å². The van der Waals surface area contributed by atoms with Crippen LogP contribution < -0.4 is 10.6 Å². The van der Waals surface area contributed by atoms with Crippen molar-refractivity contribution in [2.75, 3.05) is 13.1 Å². The van der Waals surface area contributed by atoms with E-state index in [1.165, 1.54) is 17.5 Å². The Morgan fingerprint density at radius 2 is 1.43 bits per heavy atom. The maximum Gasteiger partial charge on any atom is 0.0312 e. The van der Waals surface area contributed by atoms with Crippen molar-refractivity contribution in [3.05, 3.63) is 60.2 Å². The Hall–Kier alpha value is -1.78. The van der Waals surface area contributed by atoms with E-state index in [-0.39, 0.29) is 0 Å². The molecule has 0 unspecified atom stereocenters. The van der Waals surface area contributed by atoms with E-state index < -0.39 is 0 Å². The van der Waals surface area contributed by atoms with E-state index in [9.17, 15) is 0 Å². The fourth-order valence-electron chi connectivity index (χ4n) is 1.68. The Kier molecular flexibility index (Phi) is 9.87. The van der Waals surface area contributed by atoms with Crippen molar-refractivity contribution in [1.29, 1.82) is 0 Å². The molecule has 0 saturated heterocycles. The minimum atomic E-state index is 0.921. The van der Waals surface area contributed by atoms with E-state index in [1.807, 2.05) is 24.5 Å². The molecule has 0 saturated carbocycles. The molecule has 0 aliphatic rings. The minimum absolute atomic E-state index is 0.921. The number of hydrogen-bond acceptors (Lipinski definition) is 4. The standard InChI is InChI=1S/C9H14N2.C8H12N2/c1-2-5-10-7-9-4-3-6-11-8-9;1-2-9-6-8-4-3-5-10-7-8/h3-4,6,8,10H,2,5,7H2,1H3;3-5,7,9H,2,6H2,1H3. The van der Waals surface area contributed by atoms with Gasteiger partial charge < -0.3 is 10.6 Å². The third kappa shape index (κ3) is 8.89. The molecule has 0 radical (unpaired) electrons. The van der Waals surface area contributed by atoms with Crippen LogP contribution in [-0.4, -0.2) is 23.1 Å². The van der Waals surface area contributed by atoms with E-state index in [0.29, 0.717) is 0 Å². The molecule has 0 aliphatic heterocycles. The smallest absolute Gasteiger partial charge is 0.0312 e. The molecule has 114 valence electrons. The summed E-state index contributed by atoms with van der Waals surface area (Å²) in [7, 11) is 0. The van der Waals surface area contributed by atoms with Gasteiger partial charge in [-0.15, -0.1) is 0 Å². The summed E-state index contributed by atoms with van der Waals surface area (Å²) in [5, 5.41) is 6.54. The van der Waals surface area contributed by atoms with Crippen LogP contribution in [0, 0.1) is 0 Å². The van der Waals surface area contributed by atoms with Crippen LogP contribution in [0.4, 0.5) is 0 Å². The zero-order valence-electron chi connectivity index (χ0n) is 13.0. The summed E-state index contributed by atoms with van der Waals surface area (Å²) >= 11 is 0. The Bertz CT molecular complexity index is 445. The van der Waals surface area contributed by atoms with Gasteiger partial charge in [-0.25, -0.2) is 0 Å². The second-order valence-electron chi connectivity index (χ2n) is 4.68. The average molecular weight is 286 g/mol. The van der Waals surface area contributed by atoms with Gasteiger partial charge in [-0.2, -0.15) is 0 Å². The van der Waals surface area contributed by atoms with Gasteiger partial charge >= 0.3 is 0 Å². The van der Waals surface area contributed by atoms with Gasteiger partial charge in [0.2, 0.25) is 0 Å². The Labute approximate surface area is 128 Å². The highest BCUT2D eigenvalue weighted by molar-refractivity contribution is 5.08. The molecular formula is C17H26N4. The van der Waals surface area contributed by atoms with Crippen LogP contribution in [0.5, 0.6) is 0 Å². The molecule has 2 rings (SSSR count). The van der Waals surface area contributed by atoms with E-state index >= 15 is 0 Å². The molecule has 2 heterocycles. The second kappa shape index (κ2) is 12.0. The van der Waals surface area contributed by atoms with Gasteiger partial charge in [-0.05, 0) is 42.8 Å². The highest BCUT2D eigenvalue weighted by Gasteiger charge is 1.88. The Morgan fingerprint density at radius 3 is 1.86 bits per heavy atom. The van der Waals surface area contributed by atoms with Crippen LogP contribution in [0.15, 0.2) is 49.1 Å². The van der Waals surface area contributed by atoms with Crippen molar-refractivity contribution in [2.24, 2.45) is 0 Å². The molecule has 2 aromatic rings. The number of nitrogens with zero attached hydrogens (tertiary/aromatic N) is 2. The molecule has 0 aromatic carbocycles. The molecule has 4 heteroatoms. The zero-order chi connectivity index (χ0) is 15.2. The summed E-state index contributed by atoms with van der Waals surface area (Å²) < 4.78 is 0. The summed E-state index contributed by atoms with van der Waals surface area (Å²) in [5.41, 5.74) is 2.49. The van der Waals surface area contributed by atoms with Gasteiger partial charge in [0.15, 0.2) is 0 Å². The second-order valence-corrected chi connectivity index (χ2v) is 4.68. The molecule has 0 bridgehead atoms. The van der Waals surface area contributed by atoms with Gasteiger partial charge in [-0.3, -0.25) is 9.97 Å². The number of aromatic nitrogens is 2. The van der Waals surface area contributed by atoms with Crippen molar-refractivity contribution in [2.45, 2.75) is 33.4 Å². The van der Waals surface area contributed by atoms with Gasteiger partial charge in [0.25, 0.3) is 0 Å². The van der Waals surface area contributed by atoms with E-state index in [4.69, 9.17) is 0 Å². The highest BCUT2D eigenvalue weighted by Crippen LogP contribution is 1.94. The van der Waals surface area contributed by atoms with Crippen molar-refractivity contribution >= 4 is 0 Å². The highest BCUT2D eigenvalue weighted by atomic mass is 14.8. The topological polar surface area (TPSA) is 49.8 Å². The lowest BCUT2D eigenvalue weighted by molar-refractivity contribution is 0.674. The van der Waals surface area contributed by atoms with E-state index in [1.54, 1.807) is 12.4 Å². The lowest BCUT2D eigenvalue weighted by Gasteiger charge is -2.00. The Morgan fingerprint density at radius 1 is 0.857 bits per heavy atom. The van der Waals surface area contributed by atoms with Gasteiger partial charge in [0, 0.05) is 37.9 Å². The molecular weight excluding hydrogens is 260 g/mol. The number of pyridine rings is 2. The van der Waals surface area contributed by atoms with Crippen molar-refractivity contribution in [3.8, 4) is 0 Å². The number of nitrogens with one attached hydrogen (secondary N) is 2. The van der Waals surface area contributed by atoms with Crippen LogP contribution in [0.2, 0.25) is 0 Å². The first-order valence-corrected chi connectivity index (χ1v) is 7.56. The molecule has 2 aromatic heterocycles. The minimum Gasteiger partial charge on any atom is -0.313 e. The third-order valence-electron chi connectivity index (χ3n) is 2.78. The fraction of sp³-hybridized carbons (Fsp3) is 0.412. The fourth-order valence-corrected chi connectivity index (χ4v) is 1.68. The largest absolute Gasteiger partial charge is 0.313 e. The van der Waals surface area contributed by atoms with E-state index in [2.05, 4.69) is 46.6 Å².